The predicted molar refractivity (Wildman–Crippen MR) is 82.7 cm³/mol. The number of hydrogen-bond acceptors (Lipinski definition) is 2. The average molecular weight is 299 g/mol. The van der Waals surface area contributed by atoms with Gasteiger partial charge in [0.1, 0.15) is 11.9 Å². The molecular weight excluding hydrogens is 281 g/mol. The van der Waals surface area contributed by atoms with Crippen LogP contribution in [0.25, 0.3) is 11.1 Å². The van der Waals surface area contributed by atoms with Crippen molar-refractivity contribution in [3.63, 3.8) is 0 Å². The van der Waals surface area contributed by atoms with Crippen LogP contribution in [0.15, 0.2) is 42.5 Å². The zero-order valence-electron chi connectivity index (χ0n) is 12.6. The molecule has 3 rings (SSSR count). The molecular formula is C18H18FNO2. The van der Waals surface area contributed by atoms with E-state index in [1.54, 1.807) is 12.1 Å². The molecule has 0 saturated heterocycles. The second-order valence-corrected chi connectivity index (χ2v) is 6.40. The van der Waals surface area contributed by atoms with Crippen molar-refractivity contribution in [1.29, 1.82) is 0 Å². The zero-order valence-corrected chi connectivity index (χ0v) is 12.6. The van der Waals surface area contributed by atoms with Gasteiger partial charge in [0.05, 0.1) is 0 Å². The Hall–Kier alpha value is -2.36. The smallest absolute Gasteiger partial charge is 0.405 e. The van der Waals surface area contributed by atoms with Gasteiger partial charge in [0, 0.05) is 5.41 Å². The van der Waals surface area contributed by atoms with Crippen LogP contribution in [0, 0.1) is 11.2 Å². The maximum absolute atomic E-state index is 13.0. The van der Waals surface area contributed by atoms with Gasteiger partial charge in [0.2, 0.25) is 0 Å². The van der Waals surface area contributed by atoms with E-state index < -0.39 is 6.09 Å². The van der Waals surface area contributed by atoms with E-state index in [-0.39, 0.29) is 17.3 Å². The normalized spacial score (nSPS) is 18.8. The number of primary amides is 1. The van der Waals surface area contributed by atoms with E-state index in [0.717, 1.165) is 28.7 Å². The van der Waals surface area contributed by atoms with Gasteiger partial charge in [-0.1, -0.05) is 44.2 Å². The zero-order chi connectivity index (χ0) is 15.9. The van der Waals surface area contributed by atoms with Crippen LogP contribution in [0.2, 0.25) is 0 Å². The summed E-state index contributed by atoms with van der Waals surface area (Å²) in [4.78, 5) is 11.1. The molecule has 0 fully saturated rings. The Balaban J connectivity index is 1.99. The highest BCUT2D eigenvalue weighted by atomic mass is 19.1. The summed E-state index contributed by atoms with van der Waals surface area (Å²) in [6.07, 6.45) is -0.286. The average Bonchev–Trinajstić information content (AvgIpc) is 2.69. The fourth-order valence-electron chi connectivity index (χ4n) is 3.18. The summed E-state index contributed by atoms with van der Waals surface area (Å²) in [6.45, 7) is 4.11. The minimum Gasteiger partial charge on any atom is -0.441 e. The minimum atomic E-state index is -0.756. The number of fused-ring (bicyclic) bond motifs is 1. The number of carbonyl (C=O) groups excluding carboxylic acids is 1. The van der Waals surface area contributed by atoms with Crippen molar-refractivity contribution in [3.05, 3.63) is 59.4 Å². The van der Waals surface area contributed by atoms with Gasteiger partial charge in [-0.3, -0.25) is 0 Å². The molecule has 1 aliphatic carbocycles. The lowest BCUT2D eigenvalue weighted by atomic mass is 9.87. The molecule has 2 aromatic rings. The molecule has 0 aliphatic heterocycles. The molecule has 0 saturated carbocycles. The fraction of sp³-hybridized carbons (Fsp3) is 0.278. The molecule has 2 N–H and O–H groups in total. The molecule has 0 radical (unpaired) electrons. The quantitative estimate of drug-likeness (QED) is 0.903. The van der Waals surface area contributed by atoms with E-state index in [9.17, 15) is 9.18 Å². The van der Waals surface area contributed by atoms with E-state index in [4.69, 9.17) is 10.5 Å². The van der Waals surface area contributed by atoms with Crippen LogP contribution in [0.3, 0.4) is 0 Å². The minimum absolute atomic E-state index is 0.196. The highest BCUT2D eigenvalue weighted by Crippen LogP contribution is 2.48. The van der Waals surface area contributed by atoms with Crippen LogP contribution in [0.5, 0.6) is 0 Å². The molecule has 3 nitrogen and oxygen atoms in total. The van der Waals surface area contributed by atoms with Gasteiger partial charge in [-0.05, 0) is 40.8 Å². The highest BCUT2D eigenvalue weighted by Gasteiger charge is 2.41. The fourth-order valence-corrected chi connectivity index (χ4v) is 3.18. The summed E-state index contributed by atoms with van der Waals surface area (Å²) < 4.78 is 18.3. The van der Waals surface area contributed by atoms with Crippen molar-refractivity contribution >= 4 is 6.09 Å². The van der Waals surface area contributed by atoms with Crippen molar-refractivity contribution in [2.75, 3.05) is 0 Å². The molecule has 2 aromatic carbocycles. The number of hydrogen-bond donors (Lipinski definition) is 1. The van der Waals surface area contributed by atoms with Crippen molar-refractivity contribution in [2.24, 2.45) is 11.1 Å². The van der Waals surface area contributed by atoms with Crippen molar-refractivity contribution in [2.45, 2.75) is 26.4 Å². The number of carbonyl (C=O) groups is 1. The molecule has 1 atom stereocenters. The Kier molecular flexibility index (Phi) is 3.39. The van der Waals surface area contributed by atoms with Crippen LogP contribution in [-0.4, -0.2) is 6.09 Å². The Morgan fingerprint density at radius 1 is 1.18 bits per heavy atom. The van der Waals surface area contributed by atoms with E-state index in [1.165, 1.54) is 12.1 Å². The summed E-state index contributed by atoms with van der Waals surface area (Å²) >= 11 is 0. The lowest BCUT2D eigenvalue weighted by Crippen LogP contribution is -2.25. The van der Waals surface area contributed by atoms with Gasteiger partial charge >= 0.3 is 6.09 Å². The van der Waals surface area contributed by atoms with Gasteiger partial charge < -0.3 is 10.5 Å². The first-order valence-corrected chi connectivity index (χ1v) is 7.22. The van der Waals surface area contributed by atoms with Gasteiger partial charge in [0.25, 0.3) is 0 Å². The Labute approximate surface area is 128 Å². The summed E-state index contributed by atoms with van der Waals surface area (Å²) in [5.74, 6) is -0.249. The third-order valence-corrected chi connectivity index (χ3v) is 4.19. The number of nitrogens with two attached hydrogens (primary N) is 1. The van der Waals surface area contributed by atoms with Crippen LogP contribution in [0.1, 0.15) is 31.1 Å². The molecule has 114 valence electrons. The van der Waals surface area contributed by atoms with Gasteiger partial charge in [-0.2, -0.15) is 0 Å². The number of benzene rings is 2. The molecule has 4 heteroatoms. The standard InChI is InChI=1S/C18H18FNO2/c1-18(2)10-13-9-12(11-3-6-14(19)7-4-11)5-8-15(13)16(18)22-17(20)21/h3-9,16H,10H2,1-2H3,(H2,20,21). The third-order valence-electron chi connectivity index (χ3n) is 4.19. The summed E-state index contributed by atoms with van der Waals surface area (Å²) in [6, 6.07) is 12.4. The second-order valence-electron chi connectivity index (χ2n) is 6.40. The Morgan fingerprint density at radius 3 is 2.45 bits per heavy atom. The van der Waals surface area contributed by atoms with Crippen molar-refractivity contribution in [3.8, 4) is 11.1 Å². The number of amides is 1. The third kappa shape index (κ3) is 2.56. The van der Waals surface area contributed by atoms with Gasteiger partial charge in [-0.25, -0.2) is 9.18 Å². The van der Waals surface area contributed by atoms with E-state index >= 15 is 0 Å². The second kappa shape index (κ2) is 5.13. The highest BCUT2D eigenvalue weighted by molar-refractivity contribution is 5.67. The first kappa shape index (κ1) is 14.6. The Bertz CT molecular complexity index is 722. The summed E-state index contributed by atoms with van der Waals surface area (Å²) in [5.41, 5.74) is 9.11. The first-order valence-electron chi connectivity index (χ1n) is 7.22. The van der Waals surface area contributed by atoms with Crippen LogP contribution >= 0.6 is 0 Å². The van der Waals surface area contributed by atoms with E-state index in [0.29, 0.717) is 0 Å². The maximum atomic E-state index is 13.0. The van der Waals surface area contributed by atoms with E-state index in [1.807, 2.05) is 12.1 Å². The molecule has 22 heavy (non-hydrogen) atoms. The largest absolute Gasteiger partial charge is 0.441 e. The molecule has 1 unspecified atom stereocenters. The monoisotopic (exact) mass is 299 g/mol. The molecule has 1 aliphatic rings. The van der Waals surface area contributed by atoms with Gasteiger partial charge in [-0.15, -0.1) is 0 Å². The predicted octanol–water partition coefficient (Wildman–Crippen LogP) is 4.21. The van der Waals surface area contributed by atoms with Crippen molar-refractivity contribution < 1.29 is 13.9 Å². The summed E-state index contributed by atoms with van der Waals surface area (Å²) in [7, 11) is 0. The van der Waals surface area contributed by atoms with Crippen molar-refractivity contribution in [1.82, 2.24) is 0 Å². The Morgan fingerprint density at radius 2 is 1.82 bits per heavy atom. The maximum Gasteiger partial charge on any atom is 0.405 e. The topological polar surface area (TPSA) is 52.3 Å². The SMILES string of the molecule is CC1(C)Cc2cc(-c3ccc(F)cc3)ccc2C1OC(N)=O. The lowest BCUT2D eigenvalue weighted by molar-refractivity contribution is 0.0392. The molecule has 0 bridgehead atoms. The van der Waals surface area contributed by atoms with Gasteiger partial charge in [0.15, 0.2) is 0 Å². The van der Waals surface area contributed by atoms with Crippen LogP contribution in [0.4, 0.5) is 9.18 Å². The van der Waals surface area contributed by atoms with E-state index in [2.05, 4.69) is 19.9 Å². The number of rotatable bonds is 2. The van der Waals surface area contributed by atoms with Crippen LogP contribution < -0.4 is 5.73 Å². The summed E-state index contributed by atoms with van der Waals surface area (Å²) in [5, 5.41) is 0. The first-order chi connectivity index (χ1) is 10.4. The number of halogens is 1. The number of ether oxygens (including phenoxy) is 1. The lowest BCUT2D eigenvalue weighted by Gasteiger charge is -2.26. The molecule has 1 amide bonds. The molecule has 0 aromatic heterocycles. The molecule has 0 heterocycles. The van der Waals surface area contributed by atoms with Crippen LogP contribution in [-0.2, 0) is 11.2 Å². The molecule has 0 spiro atoms.